The van der Waals surface area contributed by atoms with E-state index >= 15 is 0 Å². The van der Waals surface area contributed by atoms with Crippen molar-refractivity contribution in [1.82, 2.24) is 14.9 Å². The van der Waals surface area contributed by atoms with Crippen LogP contribution in [0.1, 0.15) is 30.5 Å². The maximum atomic E-state index is 6.10. The standard InChI is InChI=1S/C21H27N7S/c1-4-27(5-2)19-12-10-17(11-13-19)14-23-24-20-25-26-21(28(20)22)29-15-18-9-7-6-8-16(18)3/h6-14H,4-5,15,22H2,1-3H3,(H,24,25)/b23-14+. The van der Waals surface area contributed by atoms with Gasteiger partial charge in [-0.1, -0.05) is 48.2 Å². The summed E-state index contributed by atoms with van der Waals surface area (Å²) in [5.74, 6) is 7.28. The zero-order chi connectivity index (χ0) is 20.6. The van der Waals surface area contributed by atoms with E-state index in [1.54, 1.807) is 18.0 Å². The predicted octanol–water partition coefficient (Wildman–Crippen LogP) is 3.88. The highest BCUT2D eigenvalue weighted by atomic mass is 32.2. The molecule has 8 heteroatoms. The summed E-state index contributed by atoms with van der Waals surface area (Å²) in [4.78, 5) is 2.30. The van der Waals surface area contributed by atoms with E-state index in [1.807, 2.05) is 24.3 Å². The summed E-state index contributed by atoms with van der Waals surface area (Å²) < 4.78 is 1.42. The molecule has 0 radical (unpaired) electrons. The molecule has 7 nitrogen and oxygen atoms in total. The van der Waals surface area contributed by atoms with E-state index < -0.39 is 0 Å². The Morgan fingerprint density at radius 1 is 1.10 bits per heavy atom. The lowest BCUT2D eigenvalue weighted by Gasteiger charge is -2.20. The van der Waals surface area contributed by atoms with Crippen molar-refractivity contribution in [3.63, 3.8) is 0 Å². The largest absolute Gasteiger partial charge is 0.372 e. The third-order valence-electron chi connectivity index (χ3n) is 4.68. The summed E-state index contributed by atoms with van der Waals surface area (Å²) in [5, 5.41) is 13.1. The molecule has 0 unspecified atom stereocenters. The summed E-state index contributed by atoms with van der Waals surface area (Å²) in [6.07, 6.45) is 1.74. The first-order valence-corrected chi connectivity index (χ1v) is 10.6. The second-order valence-electron chi connectivity index (χ2n) is 6.53. The van der Waals surface area contributed by atoms with Crippen molar-refractivity contribution < 1.29 is 0 Å². The van der Waals surface area contributed by atoms with Gasteiger partial charge in [0.15, 0.2) is 0 Å². The minimum absolute atomic E-state index is 0.397. The molecule has 0 atom stereocenters. The number of nitrogens with two attached hydrogens (primary N) is 1. The maximum absolute atomic E-state index is 6.10. The van der Waals surface area contributed by atoms with Crippen LogP contribution in [0, 0.1) is 6.92 Å². The smallest absolute Gasteiger partial charge is 0.264 e. The molecule has 0 saturated heterocycles. The number of benzene rings is 2. The van der Waals surface area contributed by atoms with E-state index in [4.69, 9.17) is 5.84 Å². The molecule has 2 aromatic carbocycles. The van der Waals surface area contributed by atoms with E-state index in [9.17, 15) is 0 Å². The van der Waals surface area contributed by atoms with Crippen LogP contribution >= 0.6 is 11.8 Å². The first-order valence-electron chi connectivity index (χ1n) is 9.64. The van der Waals surface area contributed by atoms with Crippen LogP contribution in [0.2, 0.25) is 0 Å². The highest BCUT2D eigenvalue weighted by Crippen LogP contribution is 2.23. The van der Waals surface area contributed by atoms with Gasteiger partial charge < -0.3 is 10.7 Å². The van der Waals surface area contributed by atoms with Gasteiger partial charge in [0.25, 0.3) is 5.95 Å². The molecule has 0 aliphatic rings. The number of rotatable bonds is 9. The molecule has 0 amide bonds. The summed E-state index contributed by atoms with van der Waals surface area (Å²) in [6.45, 7) is 8.38. The van der Waals surface area contributed by atoms with E-state index in [1.165, 1.54) is 21.5 Å². The summed E-state index contributed by atoms with van der Waals surface area (Å²) in [6, 6.07) is 16.5. The number of nitrogens with zero attached hydrogens (tertiary/aromatic N) is 5. The minimum atomic E-state index is 0.397. The Bertz CT molecular complexity index is 946. The Hall–Kier alpha value is -3.00. The average Bonchev–Trinajstić information content (AvgIpc) is 3.09. The average molecular weight is 410 g/mol. The quantitative estimate of drug-likeness (QED) is 0.241. The number of thioether (sulfide) groups is 1. The zero-order valence-corrected chi connectivity index (χ0v) is 17.9. The second kappa shape index (κ2) is 9.97. The van der Waals surface area contributed by atoms with Crippen molar-refractivity contribution in [2.75, 3.05) is 29.3 Å². The molecule has 0 aliphatic carbocycles. The van der Waals surface area contributed by atoms with Gasteiger partial charge in [-0.3, -0.25) is 0 Å². The van der Waals surface area contributed by atoms with E-state index in [-0.39, 0.29) is 0 Å². The normalized spacial score (nSPS) is 11.1. The second-order valence-corrected chi connectivity index (χ2v) is 7.47. The molecule has 0 bridgehead atoms. The highest BCUT2D eigenvalue weighted by Gasteiger charge is 2.10. The number of hydrogen-bond acceptors (Lipinski definition) is 7. The van der Waals surface area contributed by atoms with Crippen LogP contribution in [-0.2, 0) is 5.75 Å². The third kappa shape index (κ3) is 5.29. The fourth-order valence-corrected chi connectivity index (χ4v) is 3.82. The molecule has 1 heterocycles. The monoisotopic (exact) mass is 409 g/mol. The Morgan fingerprint density at radius 2 is 1.83 bits per heavy atom. The molecular weight excluding hydrogens is 382 g/mol. The summed E-state index contributed by atoms with van der Waals surface area (Å²) in [5.41, 5.74) is 7.56. The molecule has 152 valence electrons. The Labute approximate surface area is 176 Å². The fraction of sp³-hybridized carbons (Fsp3) is 0.286. The lowest BCUT2D eigenvalue weighted by atomic mass is 10.1. The van der Waals surface area contributed by atoms with Gasteiger partial charge in [-0.25, -0.2) is 10.1 Å². The van der Waals surface area contributed by atoms with Gasteiger partial charge in [-0.2, -0.15) is 5.10 Å². The van der Waals surface area contributed by atoms with Crippen LogP contribution in [0.15, 0.2) is 58.8 Å². The van der Waals surface area contributed by atoms with Gasteiger partial charge in [0.2, 0.25) is 5.16 Å². The Morgan fingerprint density at radius 3 is 2.52 bits per heavy atom. The van der Waals surface area contributed by atoms with Crippen LogP contribution in [0.3, 0.4) is 0 Å². The van der Waals surface area contributed by atoms with Crippen LogP contribution in [0.5, 0.6) is 0 Å². The number of hydrogen-bond donors (Lipinski definition) is 2. The molecule has 0 spiro atoms. The highest BCUT2D eigenvalue weighted by molar-refractivity contribution is 7.98. The van der Waals surface area contributed by atoms with Crippen molar-refractivity contribution in [1.29, 1.82) is 0 Å². The number of nitrogen functional groups attached to an aromatic ring is 1. The topological polar surface area (TPSA) is 84.4 Å². The maximum Gasteiger partial charge on any atom is 0.264 e. The lowest BCUT2D eigenvalue weighted by Crippen LogP contribution is -2.21. The molecule has 0 aliphatic heterocycles. The molecule has 1 aromatic heterocycles. The van der Waals surface area contributed by atoms with Crippen molar-refractivity contribution in [2.24, 2.45) is 5.10 Å². The Balaban J connectivity index is 1.58. The number of aryl methyl sites for hydroxylation is 1. The first kappa shape index (κ1) is 20.7. The summed E-state index contributed by atoms with van der Waals surface area (Å²) in [7, 11) is 0. The number of nitrogens with one attached hydrogen (secondary N) is 1. The van der Waals surface area contributed by atoms with Gasteiger partial charge in [-0.05, 0) is 49.6 Å². The van der Waals surface area contributed by atoms with Crippen molar-refractivity contribution >= 4 is 29.6 Å². The van der Waals surface area contributed by atoms with Gasteiger partial charge in [-0.15, -0.1) is 10.2 Å². The molecule has 29 heavy (non-hydrogen) atoms. The molecule has 3 aromatic rings. The molecule has 3 rings (SSSR count). The van der Waals surface area contributed by atoms with Crippen LogP contribution in [0.25, 0.3) is 0 Å². The SMILES string of the molecule is CCN(CC)c1ccc(/C=N/Nc2nnc(SCc3ccccc3C)n2N)cc1. The van der Waals surface area contributed by atoms with Gasteiger partial charge in [0, 0.05) is 24.5 Å². The van der Waals surface area contributed by atoms with E-state index in [0.29, 0.717) is 11.1 Å². The molecule has 0 fully saturated rings. The molecule has 3 N–H and O–H groups in total. The number of hydrazone groups is 1. The predicted molar refractivity (Wildman–Crippen MR) is 122 cm³/mol. The van der Waals surface area contributed by atoms with Crippen LogP contribution < -0.4 is 16.2 Å². The van der Waals surface area contributed by atoms with E-state index in [2.05, 4.69) is 70.7 Å². The van der Waals surface area contributed by atoms with Gasteiger partial charge in [0.1, 0.15) is 0 Å². The van der Waals surface area contributed by atoms with Crippen molar-refractivity contribution in [3.05, 3.63) is 65.2 Å². The van der Waals surface area contributed by atoms with Crippen molar-refractivity contribution in [3.8, 4) is 0 Å². The van der Waals surface area contributed by atoms with Crippen LogP contribution in [0.4, 0.5) is 11.6 Å². The van der Waals surface area contributed by atoms with Crippen LogP contribution in [-0.4, -0.2) is 34.2 Å². The number of aromatic nitrogens is 3. The first-order chi connectivity index (χ1) is 14.1. The number of anilines is 2. The zero-order valence-electron chi connectivity index (χ0n) is 17.0. The van der Waals surface area contributed by atoms with E-state index in [0.717, 1.165) is 24.4 Å². The summed E-state index contributed by atoms with van der Waals surface area (Å²) >= 11 is 1.54. The Kier molecular flexibility index (Phi) is 7.13. The minimum Gasteiger partial charge on any atom is -0.372 e. The van der Waals surface area contributed by atoms with Crippen molar-refractivity contribution in [2.45, 2.75) is 31.7 Å². The molecule has 0 saturated carbocycles. The third-order valence-corrected chi connectivity index (χ3v) is 5.67. The van der Waals surface area contributed by atoms with Gasteiger partial charge in [0.05, 0.1) is 6.21 Å². The molecular formula is C21H27N7S. The lowest BCUT2D eigenvalue weighted by molar-refractivity contribution is 0.847. The van der Waals surface area contributed by atoms with Gasteiger partial charge >= 0.3 is 0 Å². The fourth-order valence-electron chi connectivity index (χ4n) is 2.89.